The van der Waals surface area contributed by atoms with Crippen LogP contribution in [0.4, 0.5) is 0 Å². The van der Waals surface area contributed by atoms with Gasteiger partial charge in [0.05, 0.1) is 18.5 Å². The summed E-state index contributed by atoms with van der Waals surface area (Å²) in [5.41, 5.74) is 1.09. The molecule has 58 valence electrons. The molecule has 0 bridgehead atoms. The van der Waals surface area contributed by atoms with E-state index in [-0.39, 0.29) is 0 Å². The predicted molar refractivity (Wildman–Crippen MR) is 42.0 cm³/mol. The zero-order valence-electron chi connectivity index (χ0n) is 6.29. The molecule has 0 saturated carbocycles. The molecule has 0 saturated heterocycles. The Morgan fingerprint density at radius 2 is 2.64 bits per heavy atom. The van der Waals surface area contributed by atoms with Gasteiger partial charge >= 0.3 is 0 Å². The normalized spacial score (nSPS) is 16.0. The number of hydrogen-bond donors (Lipinski definition) is 0. The van der Waals surface area contributed by atoms with E-state index in [2.05, 4.69) is 16.1 Å². The topological polar surface area (TPSA) is 27.1 Å². The highest BCUT2D eigenvalue weighted by molar-refractivity contribution is 5.41. The summed E-state index contributed by atoms with van der Waals surface area (Å²) >= 11 is 0. The van der Waals surface area contributed by atoms with Gasteiger partial charge in [-0.2, -0.15) is 0 Å². The van der Waals surface area contributed by atoms with Gasteiger partial charge in [-0.3, -0.25) is 0 Å². The molecular formula is C8H10N2O. The van der Waals surface area contributed by atoms with Crippen molar-refractivity contribution in [2.45, 2.75) is 13.2 Å². The molecule has 0 amide bonds. The van der Waals surface area contributed by atoms with Crippen molar-refractivity contribution in [1.29, 1.82) is 0 Å². The fraction of sp³-hybridized carbons (Fsp3) is 0.375. The summed E-state index contributed by atoms with van der Waals surface area (Å²) in [5.74, 6) is 1.01. The lowest BCUT2D eigenvalue weighted by atomic mass is 10.4. The minimum atomic E-state index is 0.633. The van der Waals surface area contributed by atoms with Gasteiger partial charge in [0.1, 0.15) is 12.4 Å². The summed E-state index contributed by atoms with van der Waals surface area (Å²) in [5, 5.41) is 0. The van der Waals surface area contributed by atoms with E-state index >= 15 is 0 Å². The van der Waals surface area contributed by atoms with Crippen molar-refractivity contribution in [3.63, 3.8) is 0 Å². The average Bonchev–Trinajstić information content (AvgIpc) is 2.47. The fourth-order valence-electron chi connectivity index (χ4n) is 1.28. The predicted octanol–water partition coefficient (Wildman–Crippen LogP) is 1.06. The van der Waals surface area contributed by atoms with Crippen molar-refractivity contribution in [3.05, 3.63) is 24.3 Å². The van der Waals surface area contributed by atoms with E-state index in [4.69, 9.17) is 4.74 Å². The van der Waals surface area contributed by atoms with Gasteiger partial charge < -0.3 is 9.30 Å². The molecule has 1 aliphatic rings. The van der Waals surface area contributed by atoms with Crippen LogP contribution in [0.1, 0.15) is 11.5 Å². The first-order chi connectivity index (χ1) is 5.42. The molecule has 3 nitrogen and oxygen atoms in total. The molecule has 0 unspecified atom stereocenters. The van der Waals surface area contributed by atoms with Gasteiger partial charge in [0, 0.05) is 6.54 Å². The molecule has 0 atom stereocenters. The zero-order chi connectivity index (χ0) is 7.68. The molecule has 0 spiro atoms. The highest BCUT2D eigenvalue weighted by Gasteiger charge is 2.11. The molecule has 0 aliphatic carbocycles. The van der Waals surface area contributed by atoms with Gasteiger partial charge in [-0.1, -0.05) is 6.58 Å². The maximum absolute atomic E-state index is 5.24. The van der Waals surface area contributed by atoms with Gasteiger partial charge in [-0.05, 0) is 6.08 Å². The summed E-state index contributed by atoms with van der Waals surface area (Å²) in [6.45, 7) is 6.02. The maximum Gasteiger partial charge on any atom is 0.135 e. The van der Waals surface area contributed by atoms with Crippen LogP contribution in [-0.4, -0.2) is 16.2 Å². The molecule has 0 N–H and O–H groups in total. The van der Waals surface area contributed by atoms with Gasteiger partial charge in [-0.15, -0.1) is 0 Å². The van der Waals surface area contributed by atoms with Gasteiger partial charge in [-0.25, -0.2) is 4.98 Å². The van der Waals surface area contributed by atoms with Crippen LogP contribution < -0.4 is 0 Å². The third kappa shape index (κ3) is 0.973. The number of fused-ring (bicyclic) bond motifs is 1. The highest BCUT2D eigenvalue weighted by Crippen LogP contribution is 2.11. The van der Waals surface area contributed by atoms with E-state index in [0.717, 1.165) is 24.7 Å². The Morgan fingerprint density at radius 3 is 3.45 bits per heavy atom. The molecule has 0 fully saturated rings. The molecule has 0 radical (unpaired) electrons. The van der Waals surface area contributed by atoms with Crippen molar-refractivity contribution < 1.29 is 4.74 Å². The zero-order valence-corrected chi connectivity index (χ0v) is 6.29. The summed E-state index contributed by atoms with van der Waals surface area (Å²) in [6.07, 6.45) is 3.65. The lowest BCUT2D eigenvalue weighted by Crippen LogP contribution is -2.17. The standard InChI is InChI=1S/C8H10N2O/c1-2-7-5-9-8-6-11-4-3-10(7)8/h2,5H,1,3-4,6H2. The van der Waals surface area contributed by atoms with E-state index in [0.29, 0.717) is 6.61 Å². The number of aromatic nitrogens is 2. The molecule has 1 aromatic heterocycles. The summed E-state index contributed by atoms with van der Waals surface area (Å²) in [7, 11) is 0. The first-order valence-electron chi connectivity index (χ1n) is 3.66. The molecule has 2 rings (SSSR count). The van der Waals surface area contributed by atoms with E-state index in [1.165, 1.54) is 0 Å². The van der Waals surface area contributed by atoms with Crippen molar-refractivity contribution in [2.24, 2.45) is 0 Å². The first-order valence-corrected chi connectivity index (χ1v) is 3.66. The third-order valence-corrected chi connectivity index (χ3v) is 1.87. The summed E-state index contributed by atoms with van der Waals surface area (Å²) in [6, 6.07) is 0. The van der Waals surface area contributed by atoms with Gasteiger partial charge in [0.25, 0.3) is 0 Å². The lowest BCUT2D eigenvalue weighted by molar-refractivity contribution is 0.0814. The van der Waals surface area contributed by atoms with Crippen molar-refractivity contribution >= 4 is 6.08 Å². The van der Waals surface area contributed by atoms with Crippen molar-refractivity contribution in [2.75, 3.05) is 6.61 Å². The van der Waals surface area contributed by atoms with Crippen LogP contribution in [0.25, 0.3) is 6.08 Å². The number of ether oxygens (including phenoxy) is 1. The van der Waals surface area contributed by atoms with E-state index in [1.807, 2.05) is 12.3 Å². The third-order valence-electron chi connectivity index (χ3n) is 1.87. The van der Waals surface area contributed by atoms with Crippen LogP contribution in [-0.2, 0) is 17.9 Å². The molecule has 11 heavy (non-hydrogen) atoms. The van der Waals surface area contributed by atoms with Crippen molar-refractivity contribution in [3.8, 4) is 0 Å². The second-order valence-corrected chi connectivity index (χ2v) is 2.51. The molecule has 1 aromatic rings. The quantitative estimate of drug-likeness (QED) is 0.598. The number of nitrogens with zero attached hydrogens (tertiary/aromatic N) is 2. The smallest absolute Gasteiger partial charge is 0.135 e. The molecule has 0 aromatic carbocycles. The summed E-state index contributed by atoms with van der Waals surface area (Å²) in [4.78, 5) is 4.19. The monoisotopic (exact) mass is 150 g/mol. The molecule has 3 heteroatoms. The number of imidazole rings is 1. The number of rotatable bonds is 1. The Bertz CT molecular complexity index is 278. The summed E-state index contributed by atoms with van der Waals surface area (Å²) < 4.78 is 7.37. The van der Waals surface area contributed by atoms with E-state index in [1.54, 1.807) is 0 Å². The highest BCUT2D eigenvalue weighted by atomic mass is 16.5. The van der Waals surface area contributed by atoms with Crippen LogP contribution in [0.15, 0.2) is 12.8 Å². The second kappa shape index (κ2) is 2.51. The van der Waals surface area contributed by atoms with Crippen LogP contribution in [0.2, 0.25) is 0 Å². The minimum Gasteiger partial charge on any atom is -0.372 e. The Labute approximate surface area is 65.3 Å². The Morgan fingerprint density at radius 1 is 1.73 bits per heavy atom. The van der Waals surface area contributed by atoms with Crippen LogP contribution in [0, 0.1) is 0 Å². The fourth-order valence-corrected chi connectivity index (χ4v) is 1.28. The second-order valence-electron chi connectivity index (χ2n) is 2.51. The molecule has 2 heterocycles. The Balaban J connectivity index is 2.45. The average molecular weight is 150 g/mol. The van der Waals surface area contributed by atoms with Crippen LogP contribution in [0.3, 0.4) is 0 Å². The Hall–Kier alpha value is -1.09. The SMILES string of the molecule is C=Cc1cnc2n1CCOC2. The minimum absolute atomic E-state index is 0.633. The Kier molecular flexibility index (Phi) is 1.51. The molecular weight excluding hydrogens is 140 g/mol. The molecule has 1 aliphatic heterocycles. The van der Waals surface area contributed by atoms with E-state index in [9.17, 15) is 0 Å². The first kappa shape index (κ1) is 6.61. The van der Waals surface area contributed by atoms with Gasteiger partial charge in [0.15, 0.2) is 0 Å². The number of hydrogen-bond acceptors (Lipinski definition) is 2. The van der Waals surface area contributed by atoms with Crippen LogP contribution in [0.5, 0.6) is 0 Å². The van der Waals surface area contributed by atoms with E-state index < -0.39 is 0 Å². The van der Waals surface area contributed by atoms with Crippen LogP contribution >= 0.6 is 0 Å². The lowest BCUT2D eigenvalue weighted by Gasteiger charge is -2.15. The van der Waals surface area contributed by atoms with Crippen molar-refractivity contribution in [1.82, 2.24) is 9.55 Å². The van der Waals surface area contributed by atoms with Gasteiger partial charge in [0.2, 0.25) is 0 Å². The largest absolute Gasteiger partial charge is 0.372 e. The maximum atomic E-state index is 5.24.